The number of hydrogen-bond acceptors (Lipinski definition) is 5. The summed E-state index contributed by atoms with van der Waals surface area (Å²) in [4.78, 5) is 10.9. The Hall–Kier alpha value is -4.20. The molecule has 5 aromatic rings. The quantitative estimate of drug-likeness (QED) is 0.448. The molecule has 2 aromatic carbocycles. The van der Waals surface area contributed by atoms with E-state index in [0.29, 0.717) is 30.2 Å². The third-order valence-electron chi connectivity index (χ3n) is 5.37. The van der Waals surface area contributed by atoms with Crippen molar-refractivity contribution < 1.29 is 8.91 Å². The van der Waals surface area contributed by atoms with Crippen molar-refractivity contribution in [2.45, 2.75) is 13.1 Å². The van der Waals surface area contributed by atoms with Gasteiger partial charge in [-0.25, -0.2) is 9.37 Å². The van der Waals surface area contributed by atoms with E-state index in [4.69, 9.17) is 4.52 Å². The Morgan fingerprint density at radius 3 is 2.97 bits per heavy atom. The predicted octanol–water partition coefficient (Wildman–Crippen LogP) is 4.70. The fraction of sp³-hybridized carbons (Fsp3) is 0.0870. The molecule has 3 aromatic heterocycles. The van der Waals surface area contributed by atoms with E-state index in [9.17, 15) is 4.39 Å². The highest BCUT2D eigenvalue weighted by Crippen LogP contribution is 2.26. The fourth-order valence-corrected chi connectivity index (χ4v) is 3.80. The summed E-state index contributed by atoms with van der Waals surface area (Å²) in [5.41, 5.74) is 4.89. The van der Waals surface area contributed by atoms with Gasteiger partial charge in [-0.2, -0.15) is 5.10 Å². The largest absolute Gasteiger partial charge is 0.361 e. The van der Waals surface area contributed by atoms with E-state index in [1.807, 2.05) is 35.5 Å². The number of H-pyrrole nitrogens is 2. The van der Waals surface area contributed by atoms with Crippen LogP contribution >= 0.6 is 0 Å². The van der Waals surface area contributed by atoms with Crippen LogP contribution in [0.15, 0.2) is 70.4 Å². The minimum absolute atomic E-state index is 0.311. The summed E-state index contributed by atoms with van der Waals surface area (Å²) in [6.45, 7) is 0.944. The number of fused-ring (bicyclic) bond motifs is 2. The zero-order valence-electron chi connectivity index (χ0n) is 16.3. The molecule has 0 amide bonds. The number of aromatic nitrogens is 4. The van der Waals surface area contributed by atoms with Crippen LogP contribution in [0.25, 0.3) is 33.5 Å². The Morgan fingerprint density at radius 2 is 2.03 bits per heavy atom. The second kappa shape index (κ2) is 6.94. The van der Waals surface area contributed by atoms with Crippen molar-refractivity contribution in [3.63, 3.8) is 0 Å². The van der Waals surface area contributed by atoms with Crippen molar-refractivity contribution >= 4 is 17.1 Å². The van der Waals surface area contributed by atoms with Crippen molar-refractivity contribution in [3.05, 3.63) is 83.8 Å². The van der Waals surface area contributed by atoms with Gasteiger partial charge in [0.1, 0.15) is 17.3 Å². The van der Waals surface area contributed by atoms with Gasteiger partial charge in [-0.15, -0.1) is 0 Å². The number of aromatic amines is 2. The molecule has 0 saturated carbocycles. The molecule has 7 nitrogen and oxygen atoms in total. The normalized spacial score (nSPS) is 13.1. The van der Waals surface area contributed by atoms with E-state index < -0.39 is 0 Å². The molecule has 152 valence electrons. The number of hydrogen-bond donors (Lipinski definition) is 2. The zero-order valence-corrected chi connectivity index (χ0v) is 16.3. The molecule has 31 heavy (non-hydrogen) atoms. The van der Waals surface area contributed by atoms with Gasteiger partial charge in [0.2, 0.25) is 0 Å². The molecule has 4 heterocycles. The van der Waals surface area contributed by atoms with Crippen LogP contribution in [-0.4, -0.2) is 31.3 Å². The lowest BCUT2D eigenvalue weighted by molar-refractivity contribution is 0.229. The van der Waals surface area contributed by atoms with Crippen LogP contribution < -0.4 is 0 Å². The number of hydrazone groups is 1. The van der Waals surface area contributed by atoms with Crippen molar-refractivity contribution in [2.75, 3.05) is 0 Å². The number of benzene rings is 2. The molecule has 0 atom stereocenters. The maximum Gasteiger partial charge on any atom is 0.158 e. The standard InChI is InChI=1S/C23H17FN6O/c24-18-4-2-1-3-17(18)23-27-21-11-26-30(13-22(21)28-23)12-16-10-20(29-31-16)14-5-6-19-15(9-14)7-8-25-19/h1-11,25H,12-13H2,(H,27,28). The summed E-state index contributed by atoms with van der Waals surface area (Å²) >= 11 is 0. The van der Waals surface area contributed by atoms with Gasteiger partial charge in [-0.05, 0) is 30.3 Å². The smallest absolute Gasteiger partial charge is 0.158 e. The minimum Gasteiger partial charge on any atom is -0.361 e. The summed E-state index contributed by atoms with van der Waals surface area (Å²) in [6.07, 6.45) is 3.62. The summed E-state index contributed by atoms with van der Waals surface area (Å²) in [6, 6.07) is 16.6. The third kappa shape index (κ3) is 3.18. The molecule has 2 N–H and O–H groups in total. The lowest BCUT2D eigenvalue weighted by Crippen LogP contribution is -2.21. The van der Waals surface area contributed by atoms with Gasteiger partial charge in [-0.3, -0.25) is 5.01 Å². The lowest BCUT2D eigenvalue weighted by atomic mass is 10.1. The second-order valence-electron chi connectivity index (χ2n) is 7.45. The molecule has 0 fully saturated rings. The molecule has 8 heteroatoms. The maximum atomic E-state index is 14.1. The van der Waals surface area contributed by atoms with Crippen molar-refractivity contribution in [3.8, 4) is 22.6 Å². The Labute approximate surface area is 176 Å². The maximum absolute atomic E-state index is 14.1. The Morgan fingerprint density at radius 1 is 1.10 bits per heavy atom. The number of nitrogens with one attached hydrogen (secondary N) is 2. The molecular formula is C23H17FN6O. The number of nitrogens with zero attached hydrogens (tertiary/aromatic N) is 4. The molecule has 0 unspecified atom stereocenters. The second-order valence-corrected chi connectivity index (χ2v) is 7.45. The number of rotatable bonds is 4. The Balaban J connectivity index is 1.20. The van der Waals surface area contributed by atoms with Crippen LogP contribution in [0.3, 0.4) is 0 Å². The SMILES string of the molecule is Fc1ccccc1-c1nc2c([nH]1)C=NN(Cc1cc(-c3ccc4[nH]ccc4c3)no1)C2. The molecule has 1 aliphatic heterocycles. The number of halogens is 1. The molecule has 1 aliphatic rings. The minimum atomic E-state index is -0.311. The van der Waals surface area contributed by atoms with Gasteiger partial charge in [0.05, 0.1) is 36.3 Å². The highest BCUT2D eigenvalue weighted by atomic mass is 19.1. The Kier molecular flexibility index (Phi) is 3.95. The molecule has 6 rings (SSSR count). The van der Waals surface area contributed by atoms with E-state index in [1.54, 1.807) is 24.4 Å². The first-order chi connectivity index (χ1) is 15.2. The first kappa shape index (κ1) is 17.6. The van der Waals surface area contributed by atoms with E-state index in [1.165, 1.54) is 6.07 Å². The van der Waals surface area contributed by atoms with Gasteiger partial charge in [0.25, 0.3) is 0 Å². The Bertz CT molecular complexity index is 1430. The molecule has 0 radical (unpaired) electrons. The van der Waals surface area contributed by atoms with Gasteiger partial charge in [0.15, 0.2) is 5.76 Å². The molecule has 0 aliphatic carbocycles. The summed E-state index contributed by atoms with van der Waals surface area (Å²) in [5, 5.41) is 11.6. The van der Waals surface area contributed by atoms with E-state index in [2.05, 4.69) is 31.3 Å². The molecule has 0 bridgehead atoms. The van der Waals surface area contributed by atoms with Crippen molar-refractivity contribution in [1.29, 1.82) is 0 Å². The van der Waals surface area contributed by atoms with Crippen LogP contribution in [0.4, 0.5) is 4.39 Å². The first-order valence-corrected chi connectivity index (χ1v) is 9.89. The van der Waals surface area contributed by atoms with Crippen molar-refractivity contribution in [2.24, 2.45) is 5.10 Å². The molecule has 0 saturated heterocycles. The predicted molar refractivity (Wildman–Crippen MR) is 115 cm³/mol. The monoisotopic (exact) mass is 412 g/mol. The average Bonchev–Trinajstić information content (AvgIpc) is 3.52. The average molecular weight is 412 g/mol. The van der Waals surface area contributed by atoms with Gasteiger partial charge >= 0.3 is 0 Å². The topological polar surface area (TPSA) is 86.1 Å². The highest BCUT2D eigenvalue weighted by molar-refractivity contribution is 5.84. The fourth-order valence-electron chi connectivity index (χ4n) is 3.80. The third-order valence-corrected chi connectivity index (χ3v) is 5.37. The highest BCUT2D eigenvalue weighted by Gasteiger charge is 2.20. The molecular weight excluding hydrogens is 395 g/mol. The molecule has 0 spiro atoms. The van der Waals surface area contributed by atoms with Crippen molar-refractivity contribution in [1.82, 2.24) is 25.1 Å². The van der Waals surface area contributed by atoms with E-state index in [-0.39, 0.29) is 5.82 Å². The summed E-state index contributed by atoms with van der Waals surface area (Å²) in [7, 11) is 0. The first-order valence-electron chi connectivity index (χ1n) is 9.89. The summed E-state index contributed by atoms with van der Waals surface area (Å²) in [5.74, 6) is 0.891. The lowest BCUT2D eigenvalue weighted by Gasteiger charge is -2.19. The number of imidazole rings is 1. The van der Waals surface area contributed by atoms with Gasteiger partial charge in [0, 0.05) is 28.7 Å². The van der Waals surface area contributed by atoms with Crippen LogP contribution in [-0.2, 0) is 13.1 Å². The van der Waals surface area contributed by atoms with Gasteiger partial charge in [-0.1, -0.05) is 23.4 Å². The van der Waals surface area contributed by atoms with Crippen LogP contribution in [0, 0.1) is 5.82 Å². The van der Waals surface area contributed by atoms with Gasteiger partial charge < -0.3 is 14.5 Å². The van der Waals surface area contributed by atoms with Crippen LogP contribution in [0.5, 0.6) is 0 Å². The zero-order chi connectivity index (χ0) is 20.8. The van der Waals surface area contributed by atoms with E-state index in [0.717, 1.165) is 33.5 Å². The van der Waals surface area contributed by atoms with Crippen LogP contribution in [0.2, 0.25) is 0 Å². The summed E-state index contributed by atoms with van der Waals surface area (Å²) < 4.78 is 19.6. The van der Waals surface area contributed by atoms with E-state index >= 15 is 0 Å². The van der Waals surface area contributed by atoms with Crippen LogP contribution in [0.1, 0.15) is 17.1 Å².